The molecule has 3 nitrogen and oxygen atoms in total. The molecule has 72 valence electrons. The minimum Gasteiger partial charge on any atom is -0.496 e. The van der Waals surface area contributed by atoms with Gasteiger partial charge in [0, 0.05) is 11.4 Å². The molecule has 0 bridgehead atoms. The van der Waals surface area contributed by atoms with Gasteiger partial charge in [-0.2, -0.15) is 0 Å². The molecule has 2 aromatic rings. The summed E-state index contributed by atoms with van der Waals surface area (Å²) in [6.45, 7) is 0. The molecule has 0 fully saturated rings. The van der Waals surface area contributed by atoms with E-state index < -0.39 is 0 Å². The van der Waals surface area contributed by atoms with E-state index in [1.807, 2.05) is 0 Å². The van der Waals surface area contributed by atoms with E-state index >= 15 is 0 Å². The topological polar surface area (TPSA) is 39.4 Å². The van der Waals surface area contributed by atoms with E-state index in [0.29, 0.717) is 16.2 Å². The van der Waals surface area contributed by atoms with Crippen molar-refractivity contribution in [2.24, 2.45) is 0 Å². The molecule has 0 aromatic carbocycles. The molecule has 0 aliphatic carbocycles. The van der Waals surface area contributed by atoms with Gasteiger partial charge in [0.05, 0.1) is 23.8 Å². The fraction of sp³-hybridized carbons (Fsp3) is 0.100. The van der Waals surface area contributed by atoms with Crippen LogP contribution < -0.4 is 4.74 Å². The van der Waals surface area contributed by atoms with Gasteiger partial charge < -0.3 is 9.15 Å². The standard InChI is InChI=1S/C10H8O3S/c1-12-8-4-9(14-6-8)10(11)7-2-3-13-5-7/h2-6H,1H3. The third-order valence-electron chi connectivity index (χ3n) is 1.82. The predicted octanol–water partition coefficient (Wildman–Crippen LogP) is 2.58. The Balaban J connectivity index is 2.28. The van der Waals surface area contributed by atoms with Crippen LogP contribution in [0, 0.1) is 0 Å². The van der Waals surface area contributed by atoms with Gasteiger partial charge in [0.15, 0.2) is 0 Å². The molecule has 0 atom stereocenters. The molecule has 0 spiro atoms. The molecule has 0 saturated heterocycles. The molecule has 0 unspecified atom stereocenters. The second-order valence-corrected chi connectivity index (χ2v) is 3.60. The molecule has 0 aliphatic rings. The maximum absolute atomic E-state index is 11.7. The van der Waals surface area contributed by atoms with Crippen molar-refractivity contribution in [2.45, 2.75) is 0 Å². The van der Waals surface area contributed by atoms with Crippen molar-refractivity contribution in [3.63, 3.8) is 0 Å². The van der Waals surface area contributed by atoms with Crippen molar-refractivity contribution in [1.82, 2.24) is 0 Å². The third kappa shape index (κ3) is 1.56. The number of carbonyl (C=O) groups is 1. The third-order valence-corrected chi connectivity index (χ3v) is 2.73. The van der Waals surface area contributed by atoms with Gasteiger partial charge in [-0.15, -0.1) is 11.3 Å². The van der Waals surface area contributed by atoms with E-state index in [1.54, 1.807) is 24.6 Å². The monoisotopic (exact) mass is 208 g/mol. The summed E-state index contributed by atoms with van der Waals surface area (Å²) in [5.74, 6) is 0.675. The van der Waals surface area contributed by atoms with Gasteiger partial charge in [0.2, 0.25) is 5.78 Å². The molecule has 0 saturated carbocycles. The summed E-state index contributed by atoms with van der Waals surface area (Å²) < 4.78 is 9.84. The van der Waals surface area contributed by atoms with Crippen molar-refractivity contribution in [3.8, 4) is 5.75 Å². The minimum atomic E-state index is -0.0351. The van der Waals surface area contributed by atoms with Crippen LogP contribution >= 0.6 is 11.3 Å². The lowest BCUT2D eigenvalue weighted by atomic mass is 10.2. The molecule has 2 heterocycles. The fourth-order valence-electron chi connectivity index (χ4n) is 1.08. The Morgan fingerprint density at radius 3 is 3.00 bits per heavy atom. The normalized spacial score (nSPS) is 10.1. The number of thiophene rings is 1. The molecule has 2 rings (SSSR count). The van der Waals surface area contributed by atoms with Crippen LogP contribution in [0.2, 0.25) is 0 Å². The van der Waals surface area contributed by atoms with E-state index in [4.69, 9.17) is 9.15 Å². The van der Waals surface area contributed by atoms with Gasteiger partial charge in [-0.1, -0.05) is 0 Å². The van der Waals surface area contributed by atoms with E-state index in [1.165, 1.54) is 23.9 Å². The zero-order valence-electron chi connectivity index (χ0n) is 7.52. The first kappa shape index (κ1) is 9.02. The summed E-state index contributed by atoms with van der Waals surface area (Å²) in [6, 6.07) is 3.37. The van der Waals surface area contributed by atoms with Crippen LogP contribution in [0.1, 0.15) is 15.2 Å². The van der Waals surface area contributed by atoms with Gasteiger partial charge in [-0.05, 0) is 6.07 Å². The number of hydrogen-bond donors (Lipinski definition) is 0. The fourth-order valence-corrected chi connectivity index (χ4v) is 1.90. The summed E-state index contributed by atoms with van der Waals surface area (Å²) in [5.41, 5.74) is 0.564. The highest BCUT2D eigenvalue weighted by atomic mass is 32.1. The van der Waals surface area contributed by atoms with Crippen LogP contribution in [0.3, 0.4) is 0 Å². The molecular formula is C10H8O3S. The molecule has 4 heteroatoms. The number of carbonyl (C=O) groups excluding carboxylic acids is 1. The quantitative estimate of drug-likeness (QED) is 0.728. The number of rotatable bonds is 3. The Morgan fingerprint density at radius 2 is 2.43 bits per heavy atom. The van der Waals surface area contributed by atoms with Gasteiger partial charge in [-0.25, -0.2) is 0 Å². The Labute approximate surface area is 84.9 Å². The van der Waals surface area contributed by atoms with E-state index in [0.717, 1.165) is 0 Å². The molecule has 0 radical (unpaired) electrons. The van der Waals surface area contributed by atoms with Crippen molar-refractivity contribution in [3.05, 3.63) is 40.5 Å². The van der Waals surface area contributed by atoms with Crippen molar-refractivity contribution >= 4 is 17.1 Å². The molecular weight excluding hydrogens is 200 g/mol. The summed E-state index contributed by atoms with van der Waals surface area (Å²) in [4.78, 5) is 12.4. The largest absolute Gasteiger partial charge is 0.496 e. The zero-order valence-corrected chi connectivity index (χ0v) is 8.34. The second-order valence-electron chi connectivity index (χ2n) is 2.69. The van der Waals surface area contributed by atoms with E-state index in [9.17, 15) is 4.79 Å². The highest BCUT2D eigenvalue weighted by molar-refractivity contribution is 7.12. The van der Waals surface area contributed by atoms with Crippen LogP contribution in [0.15, 0.2) is 34.5 Å². The van der Waals surface area contributed by atoms with Crippen LogP contribution in [0.25, 0.3) is 0 Å². The SMILES string of the molecule is COc1csc(C(=O)c2ccoc2)c1. The Hall–Kier alpha value is -1.55. The van der Waals surface area contributed by atoms with Gasteiger partial charge >= 0.3 is 0 Å². The van der Waals surface area contributed by atoms with Gasteiger partial charge in [-0.3, -0.25) is 4.79 Å². The lowest BCUT2D eigenvalue weighted by Gasteiger charge is -1.91. The van der Waals surface area contributed by atoms with E-state index in [-0.39, 0.29) is 5.78 Å². The van der Waals surface area contributed by atoms with Crippen molar-refractivity contribution < 1.29 is 13.9 Å². The maximum atomic E-state index is 11.7. The summed E-state index contributed by atoms with van der Waals surface area (Å²) in [6.07, 6.45) is 2.92. The summed E-state index contributed by atoms with van der Waals surface area (Å²) >= 11 is 1.36. The molecule has 0 amide bonds. The highest BCUT2D eigenvalue weighted by Crippen LogP contribution is 2.23. The zero-order chi connectivity index (χ0) is 9.97. The molecule has 0 aliphatic heterocycles. The van der Waals surface area contributed by atoms with Crippen molar-refractivity contribution in [1.29, 1.82) is 0 Å². The number of ether oxygens (including phenoxy) is 1. The Bertz CT molecular complexity index is 428. The lowest BCUT2D eigenvalue weighted by molar-refractivity contribution is 0.104. The Morgan fingerprint density at radius 1 is 1.57 bits per heavy atom. The lowest BCUT2D eigenvalue weighted by Crippen LogP contribution is -1.95. The maximum Gasteiger partial charge on any atom is 0.206 e. The number of ketones is 1. The smallest absolute Gasteiger partial charge is 0.206 e. The van der Waals surface area contributed by atoms with E-state index in [2.05, 4.69) is 0 Å². The van der Waals surface area contributed by atoms with Crippen molar-refractivity contribution in [2.75, 3.05) is 7.11 Å². The Kier molecular flexibility index (Phi) is 2.37. The van der Waals surface area contributed by atoms with Crippen LogP contribution in [-0.2, 0) is 0 Å². The van der Waals surface area contributed by atoms with Crippen LogP contribution in [-0.4, -0.2) is 12.9 Å². The number of methoxy groups -OCH3 is 1. The summed E-state index contributed by atoms with van der Waals surface area (Å²) in [7, 11) is 1.58. The summed E-state index contributed by atoms with van der Waals surface area (Å²) in [5, 5.41) is 1.80. The predicted molar refractivity (Wildman–Crippen MR) is 53.0 cm³/mol. The average molecular weight is 208 g/mol. The average Bonchev–Trinajstić information content (AvgIpc) is 2.88. The second kappa shape index (κ2) is 3.67. The first-order valence-corrected chi connectivity index (χ1v) is 4.88. The minimum absolute atomic E-state index is 0.0351. The number of hydrogen-bond acceptors (Lipinski definition) is 4. The number of furan rings is 1. The highest BCUT2D eigenvalue weighted by Gasteiger charge is 2.12. The molecule has 0 N–H and O–H groups in total. The van der Waals surface area contributed by atoms with Gasteiger partial charge in [0.1, 0.15) is 12.0 Å². The van der Waals surface area contributed by atoms with Crippen LogP contribution in [0.4, 0.5) is 0 Å². The first-order valence-electron chi connectivity index (χ1n) is 4.00. The first-order chi connectivity index (χ1) is 6.81. The van der Waals surface area contributed by atoms with Crippen LogP contribution in [0.5, 0.6) is 5.75 Å². The van der Waals surface area contributed by atoms with Gasteiger partial charge in [0.25, 0.3) is 0 Å². The molecule has 2 aromatic heterocycles. The molecule has 14 heavy (non-hydrogen) atoms.